The summed E-state index contributed by atoms with van der Waals surface area (Å²) in [6.45, 7) is 0.878. The summed E-state index contributed by atoms with van der Waals surface area (Å²) in [6, 6.07) is 15.3. The first-order valence-corrected chi connectivity index (χ1v) is 9.52. The first-order chi connectivity index (χ1) is 13.6. The van der Waals surface area contributed by atoms with Gasteiger partial charge >= 0.3 is 5.97 Å². The Morgan fingerprint density at radius 2 is 1.96 bits per heavy atom. The summed E-state index contributed by atoms with van der Waals surface area (Å²) >= 11 is 0. The van der Waals surface area contributed by atoms with Crippen molar-refractivity contribution in [3.05, 3.63) is 59.7 Å². The largest absolute Gasteiger partial charge is 0.493 e. The lowest BCUT2D eigenvalue weighted by Gasteiger charge is -2.26. The van der Waals surface area contributed by atoms with Gasteiger partial charge in [0.1, 0.15) is 11.5 Å². The summed E-state index contributed by atoms with van der Waals surface area (Å²) in [5.41, 5.74) is 2.17. The number of ether oxygens (including phenoxy) is 2. The molecule has 28 heavy (non-hydrogen) atoms. The van der Waals surface area contributed by atoms with Gasteiger partial charge in [-0.1, -0.05) is 30.3 Å². The van der Waals surface area contributed by atoms with Crippen LogP contribution in [-0.2, 0) is 21.4 Å². The highest BCUT2D eigenvalue weighted by Crippen LogP contribution is 2.60. The van der Waals surface area contributed by atoms with Crippen molar-refractivity contribution in [3.8, 4) is 11.5 Å². The van der Waals surface area contributed by atoms with Gasteiger partial charge in [-0.05, 0) is 43.0 Å². The minimum absolute atomic E-state index is 0.0179. The van der Waals surface area contributed by atoms with Gasteiger partial charge in [0.15, 0.2) is 6.61 Å². The van der Waals surface area contributed by atoms with Gasteiger partial charge in [-0.3, -0.25) is 4.79 Å². The van der Waals surface area contributed by atoms with Crippen molar-refractivity contribution in [2.45, 2.75) is 24.7 Å². The van der Waals surface area contributed by atoms with E-state index in [1.165, 1.54) is 5.56 Å². The maximum atomic E-state index is 12.7. The fourth-order valence-electron chi connectivity index (χ4n) is 4.06. The highest BCUT2D eigenvalue weighted by molar-refractivity contribution is 5.84. The van der Waals surface area contributed by atoms with Gasteiger partial charge in [0.25, 0.3) is 0 Å². The molecule has 1 fully saturated rings. The maximum absolute atomic E-state index is 12.7. The SMILES string of the molecule is O=C(O)COc1ccc(CCNC(=O)[C@@H]2C[C@]23CCOc2ccccc23)cc1. The van der Waals surface area contributed by atoms with E-state index in [0.29, 0.717) is 25.3 Å². The molecule has 0 radical (unpaired) electrons. The van der Waals surface area contributed by atoms with Crippen LogP contribution in [0.15, 0.2) is 48.5 Å². The van der Waals surface area contributed by atoms with Crippen LogP contribution in [0.25, 0.3) is 0 Å². The summed E-state index contributed by atoms with van der Waals surface area (Å²) < 4.78 is 10.8. The number of aliphatic carboxylic acids is 1. The Labute approximate surface area is 163 Å². The van der Waals surface area contributed by atoms with E-state index in [-0.39, 0.29) is 23.8 Å². The van der Waals surface area contributed by atoms with E-state index in [1.54, 1.807) is 12.1 Å². The maximum Gasteiger partial charge on any atom is 0.341 e. The van der Waals surface area contributed by atoms with Crippen LogP contribution in [0.4, 0.5) is 0 Å². The van der Waals surface area contributed by atoms with Crippen LogP contribution in [-0.4, -0.2) is 36.7 Å². The van der Waals surface area contributed by atoms with Crippen molar-refractivity contribution in [2.75, 3.05) is 19.8 Å². The Kier molecular flexibility index (Phi) is 4.94. The van der Waals surface area contributed by atoms with Gasteiger partial charge in [0.05, 0.1) is 6.61 Å². The number of hydrogen-bond acceptors (Lipinski definition) is 4. The minimum Gasteiger partial charge on any atom is -0.493 e. The molecule has 4 rings (SSSR count). The number of carbonyl (C=O) groups excluding carboxylic acids is 1. The molecular weight excluding hydrogens is 358 g/mol. The molecule has 6 nitrogen and oxygen atoms in total. The number of carboxylic acids is 1. The Morgan fingerprint density at radius 1 is 1.18 bits per heavy atom. The Bertz CT molecular complexity index is 879. The number of nitrogens with one attached hydrogen (secondary N) is 1. The van der Waals surface area contributed by atoms with Crippen LogP contribution in [0.2, 0.25) is 0 Å². The fraction of sp³-hybridized carbons (Fsp3) is 0.364. The van der Waals surface area contributed by atoms with Crippen molar-refractivity contribution in [3.63, 3.8) is 0 Å². The predicted octanol–water partition coefficient (Wildman–Crippen LogP) is 2.55. The second kappa shape index (κ2) is 7.54. The van der Waals surface area contributed by atoms with E-state index < -0.39 is 5.97 Å². The lowest BCUT2D eigenvalue weighted by Crippen LogP contribution is -2.32. The topological polar surface area (TPSA) is 84.9 Å². The fourth-order valence-corrected chi connectivity index (χ4v) is 4.06. The van der Waals surface area contributed by atoms with E-state index in [4.69, 9.17) is 14.6 Å². The van der Waals surface area contributed by atoms with Crippen LogP contribution in [0.1, 0.15) is 24.0 Å². The van der Waals surface area contributed by atoms with E-state index in [1.807, 2.05) is 30.3 Å². The molecule has 146 valence electrons. The molecule has 1 saturated carbocycles. The third-order valence-electron chi connectivity index (χ3n) is 5.62. The van der Waals surface area contributed by atoms with Crippen molar-refractivity contribution < 1.29 is 24.2 Å². The number of carboxylic acid groups (broad SMARTS) is 1. The molecule has 1 aliphatic carbocycles. The molecule has 1 heterocycles. The van der Waals surface area contributed by atoms with E-state index in [9.17, 15) is 9.59 Å². The number of amides is 1. The normalized spacial score (nSPS) is 22.1. The summed E-state index contributed by atoms with van der Waals surface area (Å²) in [4.78, 5) is 23.2. The van der Waals surface area contributed by atoms with E-state index in [0.717, 1.165) is 24.2 Å². The molecule has 2 N–H and O–H groups in total. The van der Waals surface area contributed by atoms with Crippen LogP contribution in [0.5, 0.6) is 11.5 Å². The van der Waals surface area contributed by atoms with Gasteiger partial charge in [-0.25, -0.2) is 4.79 Å². The summed E-state index contributed by atoms with van der Waals surface area (Å²) in [6.07, 6.45) is 2.49. The molecule has 2 atom stereocenters. The lowest BCUT2D eigenvalue weighted by molar-refractivity contribution is -0.139. The average molecular weight is 381 g/mol. The van der Waals surface area contributed by atoms with Crippen molar-refractivity contribution in [1.82, 2.24) is 5.32 Å². The van der Waals surface area contributed by atoms with Crippen molar-refractivity contribution in [1.29, 1.82) is 0 Å². The smallest absolute Gasteiger partial charge is 0.341 e. The molecule has 2 aromatic carbocycles. The number of hydrogen-bond donors (Lipinski definition) is 2. The number of rotatable bonds is 7. The molecule has 1 spiro atoms. The number of carbonyl (C=O) groups is 2. The summed E-state index contributed by atoms with van der Waals surface area (Å²) in [7, 11) is 0. The second-order valence-corrected chi connectivity index (χ2v) is 7.37. The van der Waals surface area contributed by atoms with Gasteiger partial charge < -0.3 is 19.9 Å². The van der Waals surface area contributed by atoms with E-state index in [2.05, 4.69) is 11.4 Å². The first-order valence-electron chi connectivity index (χ1n) is 9.52. The third kappa shape index (κ3) is 3.67. The monoisotopic (exact) mass is 381 g/mol. The number of benzene rings is 2. The molecular formula is C22H23NO5. The molecule has 0 saturated heterocycles. The molecule has 1 amide bonds. The van der Waals surface area contributed by atoms with Gasteiger partial charge in [0.2, 0.25) is 5.91 Å². The van der Waals surface area contributed by atoms with Gasteiger partial charge in [-0.2, -0.15) is 0 Å². The summed E-state index contributed by atoms with van der Waals surface area (Å²) in [5, 5.41) is 11.7. The zero-order valence-electron chi connectivity index (χ0n) is 15.5. The molecule has 6 heteroatoms. The minimum atomic E-state index is -1.00. The average Bonchev–Trinajstić information content (AvgIpc) is 3.42. The third-order valence-corrected chi connectivity index (χ3v) is 5.62. The Balaban J connectivity index is 1.28. The molecule has 0 unspecified atom stereocenters. The van der Waals surface area contributed by atoms with Crippen LogP contribution < -0.4 is 14.8 Å². The van der Waals surface area contributed by atoms with Crippen LogP contribution in [0, 0.1) is 5.92 Å². The zero-order chi connectivity index (χ0) is 19.6. The molecule has 0 aromatic heterocycles. The zero-order valence-corrected chi connectivity index (χ0v) is 15.5. The van der Waals surface area contributed by atoms with Crippen LogP contribution >= 0.6 is 0 Å². The van der Waals surface area contributed by atoms with Gasteiger partial charge in [-0.15, -0.1) is 0 Å². The quantitative estimate of drug-likeness (QED) is 0.770. The number of para-hydroxylation sites is 1. The van der Waals surface area contributed by atoms with E-state index >= 15 is 0 Å². The highest BCUT2D eigenvalue weighted by atomic mass is 16.5. The Hall–Kier alpha value is -3.02. The number of fused-ring (bicyclic) bond motifs is 2. The Morgan fingerprint density at radius 3 is 2.75 bits per heavy atom. The van der Waals surface area contributed by atoms with Crippen molar-refractivity contribution in [2.24, 2.45) is 5.92 Å². The summed E-state index contributed by atoms with van der Waals surface area (Å²) in [5.74, 6) is 0.557. The molecule has 2 aromatic rings. The first kappa shape index (κ1) is 18.3. The molecule has 0 bridgehead atoms. The van der Waals surface area contributed by atoms with Gasteiger partial charge in [0, 0.05) is 23.4 Å². The second-order valence-electron chi connectivity index (χ2n) is 7.37. The van der Waals surface area contributed by atoms with Crippen molar-refractivity contribution >= 4 is 11.9 Å². The highest BCUT2D eigenvalue weighted by Gasteiger charge is 2.60. The standard InChI is InChI=1S/C22H23NO5/c24-20(25)14-28-16-7-5-15(6-8-16)9-11-23-21(26)18-13-22(18)10-12-27-19-4-2-1-3-17(19)22/h1-8,18H,9-14H2,(H,23,26)(H,24,25)/t18-,22-/m0/s1. The lowest BCUT2D eigenvalue weighted by atomic mass is 9.87. The predicted molar refractivity (Wildman–Crippen MR) is 103 cm³/mol. The molecule has 1 aliphatic heterocycles. The molecule has 2 aliphatic rings. The van der Waals surface area contributed by atoms with Crippen LogP contribution in [0.3, 0.4) is 0 Å².